The molecule has 1 aliphatic heterocycles. The fraction of sp³-hybridized carbons (Fsp3) is 0.273. The SMILES string of the molecule is CN(C)CCN1C(=S)N[C@@H](c2ccccn2)[C@@H]1c1cccn1-c1cccc(F)c1. The van der Waals surface area contributed by atoms with Crippen LogP contribution >= 0.6 is 12.2 Å². The molecule has 3 heterocycles. The third-order valence-electron chi connectivity index (χ3n) is 5.16. The lowest BCUT2D eigenvalue weighted by Gasteiger charge is -2.29. The highest BCUT2D eigenvalue weighted by Gasteiger charge is 2.41. The largest absolute Gasteiger partial charge is 0.352 e. The number of likely N-dealkylation sites (N-methyl/N-ethyl adjacent to an activating group) is 1. The van der Waals surface area contributed by atoms with Gasteiger partial charge in [-0.25, -0.2) is 4.39 Å². The molecule has 0 bridgehead atoms. The highest BCUT2D eigenvalue weighted by atomic mass is 32.1. The van der Waals surface area contributed by atoms with Crippen molar-refractivity contribution in [3.05, 3.63) is 84.2 Å². The summed E-state index contributed by atoms with van der Waals surface area (Å²) in [6, 6.07) is 16.5. The molecule has 0 unspecified atom stereocenters. The maximum atomic E-state index is 13.9. The minimum Gasteiger partial charge on any atom is -0.352 e. The van der Waals surface area contributed by atoms with Crippen LogP contribution in [-0.4, -0.2) is 51.6 Å². The summed E-state index contributed by atoms with van der Waals surface area (Å²) in [5, 5.41) is 4.17. The van der Waals surface area contributed by atoms with Crippen LogP contribution < -0.4 is 5.32 Å². The molecule has 0 amide bonds. The Bertz CT molecular complexity index is 988. The molecule has 2 aromatic heterocycles. The molecule has 150 valence electrons. The second kappa shape index (κ2) is 8.31. The first kappa shape index (κ1) is 19.5. The van der Waals surface area contributed by atoms with Gasteiger partial charge in [-0.2, -0.15) is 0 Å². The molecular formula is C22H24FN5S. The number of benzene rings is 1. The number of rotatable bonds is 6. The summed E-state index contributed by atoms with van der Waals surface area (Å²) in [5.74, 6) is -0.257. The zero-order chi connectivity index (χ0) is 20.4. The van der Waals surface area contributed by atoms with Crippen LogP contribution in [0.15, 0.2) is 67.0 Å². The van der Waals surface area contributed by atoms with Crippen LogP contribution in [0.5, 0.6) is 0 Å². The lowest BCUT2D eigenvalue weighted by atomic mass is 10.0. The zero-order valence-electron chi connectivity index (χ0n) is 16.5. The molecular weight excluding hydrogens is 385 g/mol. The number of aromatic nitrogens is 2. The predicted molar refractivity (Wildman–Crippen MR) is 116 cm³/mol. The number of pyridine rings is 1. The smallest absolute Gasteiger partial charge is 0.170 e. The van der Waals surface area contributed by atoms with Gasteiger partial charge in [0.15, 0.2) is 5.11 Å². The Morgan fingerprint density at radius 3 is 2.72 bits per heavy atom. The summed E-state index contributed by atoms with van der Waals surface area (Å²) in [6.07, 6.45) is 3.76. The van der Waals surface area contributed by atoms with Crippen LogP contribution in [0.25, 0.3) is 5.69 Å². The predicted octanol–water partition coefficient (Wildman–Crippen LogP) is 3.55. The number of halogens is 1. The van der Waals surface area contributed by atoms with Crippen LogP contribution in [0.2, 0.25) is 0 Å². The fourth-order valence-electron chi connectivity index (χ4n) is 3.77. The summed E-state index contributed by atoms with van der Waals surface area (Å²) >= 11 is 5.70. The summed E-state index contributed by atoms with van der Waals surface area (Å²) in [5.41, 5.74) is 2.76. The fourth-order valence-corrected chi connectivity index (χ4v) is 4.10. The first-order valence-corrected chi connectivity index (χ1v) is 10.0. The normalized spacial score (nSPS) is 19.0. The van der Waals surface area contributed by atoms with Crippen LogP contribution in [0.1, 0.15) is 23.5 Å². The molecule has 0 radical (unpaired) electrons. The minimum absolute atomic E-state index is 0.0596. The monoisotopic (exact) mass is 409 g/mol. The van der Waals surface area contributed by atoms with Crippen LogP contribution in [0, 0.1) is 5.82 Å². The third kappa shape index (κ3) is 4.02. The van der Waals surface area contributed by atoms with E-state index in [4.69, 9.17) is 12.2 Å². The zero-order valence-corrected chi connectivity index (χ0v) is 17.3. The molecule has 0 saturated carbocycles. The van der Waals surface area contributed by atoms with Gasteiger partial charge in [0.1, 0.15) is 5.82 Å². The van der Waals surface area contributed by atoms with Crippen LogP contribution in [0.4, 0.5) is 4.39 Å². The second-order valence-corrected chi connectivity index (χ2v) is 7.79. The van der Waals surface area contributed by atoms with Gasteiger partial charge in [0.25, 0.3) is 0 Å². The van der Waals surface area contributed by atoms with E-state index in [0.717, 1.165) is 30.2 Å². The van der Waals surface area contributed by atoms with Crippen molar-refractivity contribution in [1.29, 1.82) is 0 Å². The van der Waals surface area contributed by atoms with E-state index in [2.05, 4.69) is 26.2 Å². The molecule has 0 spiro atoms. The number of nitrogens with one attached hydrogen (secondary N) is 1. The summed E-state index contributed by atoms with van der Waals surface area (Å²) in [4.78, 5) is 8.92. The molecule has 1 aliphatic rings. The molecule has 5 nitrogen and oxygen atoms in total. The lowest BCUT2D eigenvalue weighted by Crippen LogP contribution is -2.36. The van der Waals surface area contributed by atoms with Crippen molar-refractivity contribution in [2.45, 2.75) is 12.1 Å². The molecule has 1 N–H and O–H groups in total. The van der Waals surface area contributed by atoms with E-state index in [1.54, 1.807) is 18.3 Å². The highest BCUT2D eigenvalue weighted by molar-refractivity contribution is 7.80. The number of hydrogen-bond donors (Lipinski definition) is 1. The number of thiocarbonyl (C=S) groups is 1. The van der Waals surface area contributed by atoms with Gasteiger partial charge in [-0.1, -0.05) is 12.1 Å². The van der Waals surface area contributed by atoms with E-state index in [0.29, 0.717) is 5.11 Å². The van der Waals surface area contributed by atoms with Gasteiger partial charge in [-0.05, 0) is 68.8 Å². The maximum Gasteiger partial charge on any atom is 0.170 e. The van der Waals surface area contributed by atoms with Crippen molar-refractivity contribution >= 4 is 17.3 Å². The molecule has 1 fully saturated rings. The first-order chi connectivity index (χ1) is 14.0. The number of nitrogens with zero attached hydrogens (tertiary/aromatic N) is 4. The van der Waals surface area contributed by atoms with Gasteiger partial charge >= 0.3 is 0 Å². The average molecular weight is 410 g/mol. The van der Waals surface area contributed by atoms with Gasteiger partial charge in [-0.3, -0.25) is 4.98 Å². The van der Waals surface area contributed by atoms with Crippen molar-refractivity contribution in [2.24, 2.45) is 0 Å². The number of hydrogen-bond acceptors (Lipinski definition) is 3. The van der Waals surface area contributed by atoms with Crippen LogP contribution in [-0.2, 0) is 0 Å². The van der Waals surface area contributed by atoms with Gasteiger partial charge in [0.2, 0.25) is 0 Å². The Morgan fingerprint density at radius 1 is 1.14 bits per heavy atom. The van der Waals surface area contributed by atoms with Gasteiger partial charge in [0.05, 0.1) is 17.8 Å². The minimum atomic E-state index is -0.257. The molecule has 4 rings (SSSR count). The van der Waals surface area contributed by atoms with E-state index in [-0.39, 0.29) is 17.9 Å². The summed E-state index contributed by atoms with van der Waals surface area (Å²) < 4.78 is 15.9. The van der Waals surface area contributed by atoms with E-state index in [1.807, 2.05) is 55.2 Å². The molecule has 1 saturated heterocycles. The molecule has 2 atom stereocenters. The van der Waals surface area contributed by atoms with Crippen LogP contribution in [0.3, 0.4) is 0 Å². The van der Waals surface area contributed by atoms with Crippen molar-refractivity contribution in [2.75, 3.05) is 27.2 Å². The lowest BCUT2D eigenvalue weighted by molar-refractivity contribution is 0.272. The Balaban J connectivity index is 1.78. The van der Waals surface area contributed by atoms with Gasteiger partial charge in [0, 0.05) is 36.9 Å². The van der Waals surface area contributed by atoms with Crippen molar-refractivity contribution in [1.82, 2.24) is 24.7 Å². The quantitative estimate of drug-likeness (QED) is 0.630. The third-order valence-corrected chi connectivity index (χ3v) is 5.51. The van der Waals surface area contributed by atoms with Gasteiger partial charge in [-0.15, -0.1) is 0 Å². The summed E-state index contributed by atoms with van der Waals surface area (Å²) in [7, 11) is 4.10. The average Bonchev–Trinajstić information content (AvgIpc) is 3.31. The topological polar surface area (TPSA) is 36.3 Å². The molecule has 3 aromatic rings. The standard InChI is InChI=1S/C22H24FN5S/c1-26(2)13-14-28-21(20(25-22(28)29)18-9-3-4-11-24-18)19-10-6-12-27(19)17-8-5-7-16(23)15-17/h3-12,15,20-21H,13-14H2,1-2H3,(H,25,29)/t20-,21-/m0/s1. The summed E-state index contributed by atoms with van der Waals surface area (Å²) in [6.45, 7) is 1.65. The van der Waals surface area contributed by atoms with E-state index in [9.17, 15) is 4.39 Å². The molecule has 1 aromatic carbocycles. The molecule has 7 heteroatoms. The highest BCUT2D eigenvalue weighted by Crippen LogP contribution is 2.39. The Kier molecular flexibility index (Phi) is 5.60. The first-order valence-electron chi connectivity index (χ1n) is 9.60. The molecule has 29 heavy (non-hydrogen) atoms. The van der Waals surface area contributed by atoms with Gasteiger partial charge < -0.3 is 19.7 Å². The van der Waals surface area contributed by atoms with Crippen molar-refractivity contribution in [3.8, 4) is 5.69 Å². The maximum absolute atomic E-state index is 13.9. The van der Waals surface area contributed by atoms with Crippen molar-refractivity contribution < 1.29 is 4.39 Å². The van der Waals surface area contributed by atoms with E-state index in [1.165, 1.54) is 6.07 Å². The van der Waals surface area contributed by atoms with E-state index >= 15 is 0 Å². The second-order valence-electron chi connectivity index (χ2n) is 7.41. The molecule has 0 aliphatic carbocycles. The Labute approximate surface area is 175 Å². The van der Waals surface area contributed by atoms with E-state index < -0.39 is 0 Å². The Morgan fingerprint density at radius 2 is 2.00 bits per heavy atom. The Hall–Kier alpha value is -2.77. The van der Waals surface area contributed by atoms with Crippen molar-refractivity contribution in [3.63, 3.8) is 0 Å².